The van der Waals surface area contributed by atoms with Gasteiger partial charge in [-0.1, -0.05) is 0 Å². The molecule has 5 nitrogen and oxygen atoms in total. The number of hydrogen-bond donors (Lipinski definition) is 0. The molecule has 116 valence electrons. The van der Waals surface area contributed by atoms with E-state index in [9.17, 15) is 4.79 Å². The van der Waals surface area contributed by atoms with Crippen LogP contribution in [-0.4, -0.2) is 18.4 Å². The molecule has 5 heteroatoms. The Morgan fingerprint density at radius 1 is 0.864 bits per heavy atom. The summed E-state index contributed by atoms with van der Waals surface area (Å²) in [6.07, 6.45) is 4.06. The molecule has 0 aromatic heterocycles. The molecular formula is C17H20N2O3. The van der Waals surface area contributed by atoms with Gasteiger partial charge in [-0.15, -0.1) is 0 Å². The minimum absolute atomic E-state index is 0.0131. The summed E-state index contributed by atoms with van der Waals surface area (Å²) in [5.74, 6) is 0. The van der Waals surface area contributed by atoms with Crippen LogP contribution in [0.25, 0.3) is 0 Å². The fraction of sp³-hybridized carbons (Fsp3) is 0.824. The minimum atomic E-state index is -0.605. The van der Waals surface area contributed by atoms with Gasteiger partial charge in [0.2, 0.25) is 0 Å². The molecule has 0 aliphatic heterocycles. The smallest absolute Gasteiger partial charge is 0.431 e. The number of carbonyl (C=O) groups excluding carboxylic acids is 1. The van der Waals surface area contributed by atoms with Crippen LogP contribution in [0.15, 0.2) is 0 Å². The number of hydrogen-bond acceptors (Lipinski definition) is 5. The summed E-state index contributed by atoms with van der Waals surface area (Å²) in [5.41, 5.74) is -0.239. The average molecular weight is 300 g/mol. The van der Waals surface area contributed by atoms with Gasteiger partial charge in [0.15, 0.2) is 0 Å². The molecule has 6 aliphatic rings. The first-order valence-corrected chi connectivity index (χ1v) is 8.01. The minimum Gasteiger partial charge on any atom is -0.431 e. The van der Waals surface area contributed by atoms with Crippen LogP contribution < -0.4 is 0 Å². The lowest BCUT2D eigenvalue weighted by Crippen LogP contribution is -2.67. The second kappa shape index (κ2) is 3.77. The third-order valence-electron chi connectivity index (χ3n) is 6.89. The van der Waals surface area contributed by atoms with E-state index in [2.05, 4.69) is 12.1 Å². The summed E-state index contributed by atoms with van der Waals surface area (Å²) in [4.78, 5) is 12.0. The quantitative estimate of drug-likeness (QED) is 0.744. The van der Waals surface area contributed by atoms with E-state index in [1.165, 1.54) is 0 Å². The van der Waals surface area contributed by atoms with Crippen LogP contribution in [0.2, 0.25) is 0 Å². The highest BCUT2D eigenvalue weighted by molar-refractivity contribution is 5.61. The highest BCUT2D eigenvalue weighted by Gasteiger charge is 2.72. The van der Waals surface area contributed by atoms with Crippen molar-refractivity contribution >= 4 is 6.16 Å². The molecule has 6 aliphatic carbocycles. The van der Waals surface area contributed by atoms with Crippen LogP contribution in [0.3, 0.4) is 0 Å². The van der Waals surface area contributed by atoms with Crippen LogP contribution in [-0.2, 0) is 9.47 Å². The molecule has 0 aromatic carbocycles. The van der Waals surface area contributed by atoms with E-state index < -0.39 is 6.16 Å². The lowest BCUT2D eigenvalue weighted by molar-refractivity contribution is -0.240. The Bertz CT molecular complexity index is 548. The second-order valence-corrected chi connectivity index (χ2v) is 8.34. The molecule has 2 atom stereocenters. The Labute approximate surface area is 130 Å². The maximum Gasteiger partial charge on any atom is 0.508 e. The predicted molar refractivity (Wildman–Crippen MR) is 75.2 cm³/mol. The molecule has 2 unspecified atom stereocenters. The maximum atomic E-state index is 12.0. The molecule has 4 bridgehead atoms. The molecule has 6 fully saturated rings. The summed E-state index contributed by atoms with van der Waals surface area (Å²) >= 11 is 0. The molecule has 22 heavy (non-hydrogen) atoms. The number of rotatable bonds is 4. The van der Waals surface area contributed by atoms with Gasteiger partial charge in [-0.05, 0) is 52.4 Å². The molecule has 0 heterocycles. The van der Waals surface area contributed by atoms with Crippen molar-refractivity contribution in [3.63, 3.8) is 0 Å². The van der Waals surface area contributed by atoms with Crippen molar-refractivity contribution in [3.8, 4) is 12.1 Å². The number of ether oxygens (including phenoxy) is 2. The zero-order chi connectivity index (χ0) is 15.8. The lowest BCUT2D eigenvalue weighted by atomic mass is 9.34. The van der Waals surface area contributed by atoms with Gasteiger partial charge in [0.05, 0.1) is 23.0 Å². The van der Waals surface area contributed by atoms with Crippen LogP contribution >= 0.6 is 0 Å². The van der Waals surface area contributed by atoms with Crippen LogP contribution in [0.1, 0.15) is 52.4 Å². The summed E-state index contributed by atoms with van der Waals surface area (Å²) < 4.78 is 10.9. The fourth-order valence-electron chi connectivity index (χ4n) is 5.40. The van der Waals surface area contributed by atoms with Crippen molar-refractivity contribution in [1.82, 2.24) is 0 Å². The standard InChI is InChI=1S/C17H20N2O3/c1-11(16-3-14(4-16,5-16)9-18)21-13(20)22-12(2)17-6-15(7-17,8-17)10-19/h11-12H,3-8H2,1-2H3. The van der Waals surface area contributed by atoms with E-state index in [0.717, 1.165) is 38.5 Å². The number of carbonyl (C=O) groups is 1. The Kier molecular flexibility index (Phi) is 2.38. The first kappa shape index (κ1) is 13.9. The third-order valence-corrected chi connectivity index (χ3v) is 6.89. The van der Waals surface area contributed by atoms with Crippen molar-refractivity contribution in [2.45, 2.75) is 64.6 Å². The predicted octanol–water partition coefficient (Wildman–Crippen LogP) is 3.30. The average Bonchev–Trinajstić information content (AvgIpc) is 2.22. The van der Waals surface area contributed by atoms with Crippen molar-refractivity contribution in [2.75, 3.05) is 0 Å². The van der Waals surface area contributed by atoms with Gasteiger partial charge in [0.1, 0.15) is 12.2 Å². The van der Waals surface area contributed by atoms with E-state index >= 15 is 0 Å². The first-order chi connectivity index (χ1) is 10.3. The largest absolute Gasteiger partial charge is 0.508 e. The molecule has 0 N–H and O–H groups in total. The third kappa shape index (κ3) is 1.50. The normalized spacial score (nSPS) is 48.7. The summed E-state index contributed by atoms with van der Waals surface area (Å²) in [6, 6.07) is 4.72. The highest BCUT2D eigenvalue weighted by Crippen LogP contribution is 2.75. The van der Waals surface area contributed by atoms with Crippen LogP contribution in [0.5, 0.6) is 0 Å². The SMILES string of the molecule is CC(OC(=O)OC(C)C12CC(C#N)(C1)C2)C12CC(C#N)(C1)C2. The highest BCUT2D eigenvalue weighted by atomic mass is 16.7. The molecule has 0 amide bonds. The van der Waals surface area contributed by atoms with Gasteiger partial charge >= 0.3 is 6.16 Å². The van der Waals surface area contributed by atoms with Crippen molar-refractivity contribution < 1.29 is 14.3 Å². The molecule has 6 saturated carbocycles. The van der Waals surface area contributed by atoms with E-state index in [-0.39, 0.29) is 33.9 Å². The monoisotopic (exact) mass is 300 g/mol. The summed E-state index contributed by atoms with van der Waals surface area (Å²) in [5, 5.41) is 18.1. The van der Waals surface area contributed by atoms with E-state index in [0.29, 0.717) is 0 Å². The van der Waals surface area contributed by atoms with Crippen LogP contribution in [0, 0.1) is 44.3 Å². The van der Waals surface area contributed by atoms with E-state index in [1.807, 2.05) is 13.8 Å². The van der Waals surface area contributed by atoms with Gasteiger partial charge in [0, 0.05) is 10.8 Å². The van der Waals surface area contributed by atoms with Gasteiger partial charge in [-0.25, -0.2) is 4.79 Å². The Balaban J connectivity index is 1.26. The maximum absolute atomic E-state index is 12.0. The zero-order valence-corrected chi connectivity index (χ0v) is 13.0. The zero-order valence-electron chi connectivity index (χ0n) is 13.0. The molecule has 0 spiro atoms. The van der Waals surface area contributed by atoms with Crippen molar-refractivity contribution in [1.29, 1.82) is 10.5 Å². The van der Waals surface area contributed by atoms with Crippen molar-refractivity contribution in [2.24, 2.45) is 21.7 Å². The van der Waals surface area contributed by atoms with Gasteiger partial charge < -0.3 is 9.47 Å². The van der Waals surface area contributed by atoms with E-state index in [1.54, 1.807) is 0 Å². The van der Waals surface area contributed by atoms with Crippen LogP contribution in [0.4, 0.5) is 4.79 Å². The lowest BCUT2D eigenvalue weighted by Gasteiger charge is -2.69. The number of nitriles is 2. The van der Waals surface area contributed by atoms with Gasteiger partial charge in [-0.3, -0.25) is 0 Å². The second-order valence-electron chi connectivity index (χ2n) is 8.34. The summed E-state index contributed by atoms with van der Waals surface area (Å²) in [6.45, 7) is 3.80. The Morgan fingerprint density at radius 2 is 1.18 bits per heavy atom. The summed E-state index contributed by atoms with van der Waals surface area (Å²) in [7, 11) is 0. The van der Waals surface area contributed by atoms with Crippen molar-refractivity contribution in [3.05, 3.63) is 0 Å². The van der Waals surface area contributed by atoms with Gasteiger partial charge in [-0.2, -0.15) is 10.5 Å². The van der Waals surface area contributed by atoms with Gasteiger partial charge in [0.25, 0.3) is 0 Å². The topological polar surface area (TPSA) is 83.1 Å². The Hall–Kier alpha value is -1.75. The molecule has 0 aromatic rings. The number of nitrogens with zero attached hydrogens (tertiary/aromatic N) is 2. The fourth-order valence-corrected chi connectivity index (χ4v) is 5.40. The Morgan fingerprint density at radius 3 is 1.45 bits per heavy atom. The molecular weight excluding hydrogens is 280 g/mol. The van der Waals surface area contributed by atoms with E-state index in [4.69, 9.17) is 20.0 Å². The molecule has 6 rings (SSSR count). The molecule has 0 radical (unpaired) electrons. The molecule has 0 saturated heterocycles. The first-order valence-electron chi connectivity index (χ1n) is 8.01.